The highest BCUT2D eigenvalue weighted by molar-refractivity contribution is 7.15. The predicted octanol–water partition coefficient (Wildman–Crippen LogP) is 2.45. The van der Waals surface area contributed by atoms with Crippen LogP contribution < -0.4 is 10.6 Å². The highest BCUT2D eigenvalue weighted by atomic mass is 32.1. The summed E-state index contributed by atoms with van der Waals surface area (Å²) >= 11 is 0.858. The summed E-state index contributed by atoms with van der Waals surface area (Å²) in [7, 11) is 0. The first kappa shape index (κ1) is 15.8. The molecule has 0 aliphatic rings. The molecule has 7 nitrogen and oxygen atoms in total. The monoisotopic (exact) mass is 346 g/mol. The minimum Gasteiger partial charge on any atom is -0.467 e. The van der Waals surface area contributed by atoms with Crippen LogP contribution >= 0.6 is 11.3 Å². The lowest BCUT2D eigenvalue weighted by Gasteiger charge is -2.01. The van der Waals surface area contributed by atoms with E-state index in [1.807, 2.05) is 0 Å². The van der Waals surface area contributed by atoms with Crippen molar-refractivity contribution in [3.05, 3.63) is 64.3 Å². The Labute approximate surface area is 139 Å². The van der Waals surface area contributed by atoms with Gasteiger partial charge in [-0.3, -0.25) is 9.59 Å². The number of carbonyl (C=O) groups excluding carboxylic acids is 2. The van der Waals surface area contributed by atoms with Crippen molar-refractivity contribution in [3.63, 3.8) is 0 Å². The number of hydrogen-bond donors (Lipinski definition) is 2. The van der Waals surface area contributed by atoms with Crippen LogP contribution in [-0.4, -0.2) is 22.0 Å². The summed E-state index contributed by atoms with van der Waals surface area (Å²) in [6, 6.07) is 8.73. The van der Waals surface area contributed by atoms with E-state index in [-0.39, 0.29) is 16.6 Å². The van der Waals surface area contributed by atoms with Gasteiger partial charge in [-0.05, 0) is 36.4 Å². The molecule has 2 heterocycles. The topological polar surface area (TPSA) is 97.1 Å². The fraction of sp³-hybridized carbons (Fsp3) is 0.0667. The number of nitrogens with one attached hydrogen (secondary N) is 2. The van der Waals surface area contributed by atoms with Crippen molar-refractivity contribution in [1.29, 1.82) is 0 Å². The first-order valence-electron chi connectivity index (χ1n) is 6.83. The van der Waals surface area contributed by atoms with Gasteiger partial charge in [-0.2, -0.15) is 0 Å². The molecule has 2 N–H and O–H groups in total. The third-order valence-electron chi connectivity index (χ3n) is 2.92. The maximum Gasteiger partial charge on any atom is 0.286 e. The maximum absolute atomic E-state index is 12.8. The van der Waals surface area contributed by atoms with Gasteiger partial charge in [-0.1, -0.05) is 11.3 Å². The number of halogens is 1. The molecule has 2 amide bonds. The lowest BCUT2D eigenvalue weighted by molar-refractivity contribution is 0.0946. The van der Waals surface area contributed by atoms with Gasteiger partial charge in [-0.25, -0.2) is 4.39 Å². The Morgan fingerprint density at radius 1 is 1.08 bits per heavy atom. The first-order chi connectivity index (χ1) is 11.6. The van der Waals surface area contributed by atoms with E-state index >= 15 is 0 Å². The lowest BCUT2D eigenvalue weighted by atomic mass is 10.3. The molecule has 0 spiro atoms. The Morgan fingerprint density at radius 2 is 1.79 bits per heavy atom. The molecular weight excluding hydrogens is 335 g/mol. The van der Waals surface area contributed by atoms with Gasteiger partial charge in [0, 0.05) is 5.69 Å². The fourth-order valence-corrected chi connectivity index (χ4v) is 2.44. The van der Waals surface area contributed by atoms with Crippen molar-refractivity contribution in [2.75, 3.05) is 5.32 Å². The standard InChI is InChI=1S/C15H11FN4O3S/c16-9-3-5-10(6-4-9)18-13(22)15-20-19-14(24-15)12(21)17-8-11-2-1-7-23-11/h1-7H,8H2,(H,17,21)(H,18,22). The van der Waals surface area contributed by atoms with E-state index in [1.165, 1.54) is 30.5 Å². The smallest absolute Gasteiger partial charge is 0.286 e. The molecule has 24 heavy (non-hydrogen) atoms. The average molecular weight is 346 g/mol. The Bertz CT molecular complexity index is 846. The van der Waals surface area contributed by atoms with E-state index in [0.29, 0.717) is 11.4 Å². The van der Waals surface area contributed by atoms with Gasteiger partial charge in [0.05, 0.1) is 12.8 Å². The largest absolute Gasteiger partial charge is 0.467 e. The quantitative estimate of drug-likeness (QED) is 0.740. The Kier molecular flexibility index (Phi) is 4.62. The van der Waals surface area contributed by atoms with Crippen LogP contribution in [0.25, 0.3) is 0 Å². The van der Waals surface area contributed by atoms with E-state index in [1.54, 1.807) is 12.1 Å². The SMILES string of the molecule is O=C(NCc1ccco1)c1nnc(C(=O)Nc2ccc(F)cc2)s1. The molecule has 1 aromatic carbocycles. The molecule has 122 valence electrons. The average Bonchev–Trinajstić information content (AvgIpc) is 3.26. The van der Waals surface area contributed by atoms with Gasteiger partial charge in [0.25, 0.3) is 11.8 Å². The van der Waals surface area contributed by atoms with E-state index in [4.69, 9.17) is 4.42 Å². The first-order valence-corrected chi connectivity index (χ1v) is 7.64. The van der Waals surface area contributed by atoms with Crippen LogP contribution in [0, 0.1) is 5.82 Å². The third-order valence-corrected chi connectivity index (χ3v) is 3.84. The summed E-state index contributed by atoms with van der Waals surface area (Å²) in [5, 5.41) is 12.6. The Hall–Kier alpha value is -3.07. The van der Waals surface area contributed by atoms with Gasteiger partial charge in [0.1, 0.15) is 11.6 Å². The number of aromatic nitrogens is 2. The van der Waals surface area contributed by atoms with E-state index < -0.39 is 17.6 Å². The summed E-state index contributed by atoms with van der Waals surface area (Å²) in [6.07, 6.45) is 1.50. The number of furan rings is 1. The second-order valence-corrected chi connectivity index (χ2v) is 5.61. The van der Waals surface area contributed by atoms with Crippen LogP contribution in [0.1, 0.15) is 25.4 Å². The summed E-state index contributed by atoms with van der Waals surface area (Å²) in [6.45, 7) is 0.211. The molecule has 0 radical (unpaired) electrons. The highest BCUT2D eigenvalue weighted by Crippen LogP contribution is 2.14. The van der Waals surface area contributed by atoms with Gasteiger partial charge in [0.2, 0.25) is 10.0 Å². The molecule has 9 heteroatoms. The molecule has 3 rings (SSSR count). The van der Waals surface area contributed by atoms with Crippen LogP contribution in [0.4, 0.5) is 10.1 Å². The van der Waals surface area contributed by atoms with Crippen molar-refractivity contribution in [2.24, 2.45) is 0 Å². The number of amides is 2. The number of rotatable bonds is 5. The number of carbonyl (C=O) groups is 2. The van der Waals surface area contributed by atoms with Gasteiger partial charge < -0.3 is 15.1 Å². The van der Waals surface area contributed by atoms with Crippen molar-refractivity contribution in [2.45, 2.75) is 6.54 Å². The van der Waals surface area contributed by atoms with Crippen molar-refractivity contribution in [3.8, 4) is 0 Å². The molecule has 0 saturated carbocycles. The molecule has 0 unspecified atom stereocenters. The molecule has 0 bridgehead atoms. The molecule has 0 saturated heterocycles. The maximum atomic E-state index is 12.8. The van der Waals surface area contributed by atoms with E-state index in [2.05, 4.69) is 20.8 Å². The van der Waals surface area contributed by atoms with Crippen LogP contribution in [0.5, 0.6) is 0 Å². The van der Waals surface area contributed by atoms with Crippen LogP contribution in [0.3, 0.4) is 0 Å². The van der Waals surface area contributed by atoms with Crippen molar-refractivity contribution >= 4 is 28.8 Å². The molecule has 0 fully saturated rings. The number of nitrogens with zero attached hydrogens (tertiary/aromatic N) is 2. The second-order valence-electron chi connectivity index (χ2n) is 4.64. The predicted molar refractivity (Wildman–Crippen MR) is 84.1 cm³/mol. The molecule has 0 atom stereocenters. The third kappa shape index (κ3) is 3.82. The minimum absolute atomic E-state index is 0.0301. The van der Waals surface area contributed by atoms with Gasteiger partial charge in [-0.15, -0.1) is 10.2 Å². The summed E-state index contributed by atoms with van der Waals surface area (Å²) < 4.78 is 17.9. The highest BCUT2D eigenvalue weighted by Gasteiger charge is 2.17. The summed E-state index contributed by atoms with van der Waals surface area (Å²) in [4.78, 5) is 24.0. The fourth-order valence-electron chi connectivity index (χ4n) is 1.78. The minimum atomic E-state index is -0.524. The van der Waals surface area contributed by atoms with Gasteiger partial charge >= 0.3 is 0 Å². The van der Waals surface area contributed by atoms with Crippen molar-refractivity contribution in [1.82, 2.24) is 15.5 Å². The molecule has 0 aliphatic heterocycles. The van der Waals surface area contributed by atoms with E-state index in [9.17, 15) is 14.0 Å². The van der Waals surface area contributed by atoms with E-state index in [0.717, 1.165) is 11.3 Å². The lowest BCUT2D eigenvalue weighted by Crippen LogP contribution is -2.22. The van der Waals surface area contributed by atoms with Crippen LogP contribution in [0.15, 0.2) is 47.1 Å². The Morgan fingerprint density at radius 3 is 2.46 bits per heavy atom. The molecule has 0 aliphatic carbocycles. The zero-order valence-electron chi connectivity index (χ0n) is 12.2. The summed E-state index contributed by atoms with van der Waals surface area (Å²) in [5.41, 5.74) is 0.417. The second kappa shape index (κ2) is 7.01. The van der Waals surface area contributed by atoms with Gasteiger partial charge in [0.15, 0.2) is 0 Å². The number of benzene rings is 1. The summed E-state index contributed by atoms with van der Waals surface area (Å²) in [5.74, 6) is -0.782. The molecular formula is C15H11FN4O3S. The van der Waals surface area contributed by atoms with Crippen molar-refractivity contribution < 1.29 is 18.4 Å². The zero-order valence-corrected chi connectivity index (χ0v) is 13.0. The molecule has 3 aromatic rings. The number of hydrogen-bond acceptors (Lipinski definition) is 6. The molecule has 2 aromatic heterocycles. The van der Waals surface area contributed by atoms with Crippen LogP contribution in [-0.2, 0) is 6.54 Å². The Balaban J connectivity index is 1.60. The number of anilines is 1. The normalized spacial score (nSPS) is 10.4. The zero-order chi connectivity index (χ0) is 16.9. The van der Waals surface area contributed by atoms with Crippen LogP contribution in [0.2, 0.25) is 0 Å².